The molecule has 2 unspecified atom stereocenters. The van der Waals surface area contributed by atoms with Gasteiger partial charge in [-0.05, 0) is 38.3 Å². The van der Waals surface area contributed by atoms with E-state index in [1.165, 1.54) is 6.07 Å². The molecule has 116 valence electrons. The smallest absolute Gasteiger partial charge is 0.253 e. The van der Waals surface area contributed by atoms with E-state index in [1.54, 1.807) is 12.1 Å². The molecule has 0 spiro atoms. The van der Waals surface area contributed by atoms with E-state index in [1.807, 2.05) is 13.8 Å². The van der Waals surface area contributed by atoms with E-state index >= 15 is 0 Å². The second-order valence-electron chi connectivity index (χ2n) is 5.40. The molecule has 0 aliphatic carbocycles. The van der Waals surface area contributed by atoms with Gasteiger partial charge < -0.3 is 15.4 Å². The molecule has 1 fully saturated rings. The summed E-state index contributed by atoms with van der Waals surface area (Å²) in [6, 6.07) is 4.47. The van der Waals surface area contributed by atoms with Crippen LogP contribution in [0.1, 0.15) is 43.5 Å². The molecule has 1 aromatic carbocycles. The first-order chi connectivity index (χ1) is 10.1. The lowest BCUT2D eigenvalue weighted by Gasteiger charge is -2.21. The zero-order valence-electron chi connectivity index (χ0n) is 12.6. The van der Waals surface area contributed by atoms with Crippen molar-refractivity contribution in [1.29, 1.82) is 0 Å². The van der Waals surface area contributed by atoms with Crippen LogP contribution in [0.25, 0.3) is 0 Å². The third-order valence-corrected chi connectivity index (χ3v) is 3.69. The molecule has 1 aliphatic rings. The molecule has 1 amide bonds. The van der Waals surface area contributed by atoms with Crippen LogP contribution in [0.3, 0.4) is 0 Å². The summed E-state index contributed by atoms with van der Waals surface area (Å²) in [6.45, 7) is 5.29. The topological polar surface area (TPSA) is 50.4 Å². The van der Waals surface area contributed by atoms with Crippen LogP contribution in [0, 0.1) is 5.82 Å². The molecule has 4 nitrogen and oxygen atoms in total. The number of carbonyl (C=O) groups is 1. The fraction of sp³-hybridized carbons (Fsp3) is 0.562. The van der Waals surface area contributed by atoms with Gasteiger partial charge >= 0.3 is 0 Å². The molecule has 1 heterocycles. The van der Waals surface area contributed by atoms with Gasteiger partial charge in [-0.2, -0.15) is 0 Å². The van der Waals surface area contributed by atoms with Crippen molar-refractivity contribution >= 4 is 11.6 Å². The van der Waals surface area contributed by atoms with Gasteiger partial charge in [-0.15, -0.1) is 0 Å². The Hall–Kier alpha value is -1.62. The fourth-order valence-corrected chi connectivity index (χ4v) is 2.52. The van der Waals surface area contributed by atoms with Crippen molar-refractivity contribution in [3.05, 3.63) is 29.6 Å². The van der Waals surface area contributed by atoms with E-state index < -0.39 is 5.82 Å². The number of halogens is 1. The molecule has 0 radical (unpaired) electrons. The first kappa shape index (κ1) is 15.8. The van der Waals surface area contributed by atoms with E-state index in [-0.39, 0.29) is 23.7 Å². The largest absolute Gasteiger partial charge is 0.382 e. The molecule has 2 N–H and O–H groups in total. The Bertz CT molecular complexity index is 487. The van der Waals surface area contributed by atoms with Gasteiger partial charge in [-0.1, -0.05) is 13.0 Å². The molecule has 2 atom stereocenters. The average Bonchev–Trinajstić information content (AvgIpc) is 3.00. The standard InChI is InChI=1S/C16H23FN2O2/c1-3-9-18-15-12(6-4-7-13(15)17)16(20)19-11(2)14-8-5-10-21-14/h4,6-7,11,14,18H,3,5,8-10H2,1-2H3,(H,19,20). The SMILES string of the molecule is CCCNc1c(F)cccc1C(=O)NC(C)C1CCCO1. The van der Waals surface area contributed by atoms with Crippen LogP contribution < -0.4 is 10.6 Å². The number of amides is 1. The number of hydrogen-bond acceptors (Lipinski definition) is 3. The predicted octanol–water partition coefficient (Wildman–Crippen LogP) is 2.94. The van der Waals surface area contributed by atoms with Crippen LogP contribution in [-0.2, 0) is 4.74 Å². The van der Waals surface area contributed by atoms with E-state index in [0.717, 1.165) is 25.9 Å². The van der Waals surface area contributed by atoms with Crippen LogP contribution in [0.4, 0.5) is 10.1 Å². The van der Waals surface area contributed by atoms with E-state index in [0.29, 0.717) is 12.1 Å². The molecule has 1 aliphatic heterocycles. The predicted molar refractivity (Wildman–Crippen MR) is 81.1 cm³/mol. The number of ether oxygens (including phenoxy) is 1. The van der Waals surface area contributed by atoms with Crippen LogP contribution in [0.15, 0.2) is 18.2 Å². The zero-order valence-corrected chi connectivity index (χ0v) is 12.6. The number of rotatable bonds is 6. The summed E-state index contributed by atoms with van der Waals surface area (Å²) in [4.78, 5) is 12.4. The Labute approximate surface area is 125 Å². The first-order valence-electron chi connectivity index (χ1n) is 7.58. The molecule has 2 rings (SSSR count). The van der Waals surface area contributed by atoms with Crippen molar-refractivity contribution in [2.75, 3.05) is 18.5 Å². The summed E-state index contributed by atoms with van der Waals surface area (Å²) in [5, 5.41) is 5.90. The highest BCUT2D eigenvalue weighted by Gasteiger charge is 2.25. The summed E-state index contributed by atoms with van der Waals surface area (Å²) in [5.41, 5.74) is 0.615. The van der Waals surface area contributed by atoms with Crippen molar-refractivity contribution in [3.8, 4) is 0 Å². The van der Waals surface area contributed by atoms with Crippen LogP contribution in [0.2, 0.25) is 0 Å². The summed E-state index contributed by atoms with van der Waals surface area (Å²) in [5.74, 6) is -0.669. The van der Waals surface area contributed by atoms with Crippen LogP contribution >= 0.6 is 0 Å². The lowest BCUT2D eigenvalue weighted by molar-refractivity contribution is 0.0712. The Balaban J connectivity index is 2.08. The van der Waals surface area contributed by atoms with Gasteiger partial charge in [0, 0.05) is 13.2 Å². The Morgan fingerprint density at radius 1 is 1.52 bits per heavy atom. The summed E-state index contributed by atoms with van der Waals surface area (Å²) in [6.07, 6.45) is 2.89. The van der Waals surface area contributed by atoms with E-state index in [9.17, 15) is 9.18 Å². The van der Waals surface area contributed by atoms with E-state index in [4.69, 9.17) is 4.74 Å². The van der Waals surface area contributed by atoms with Gasteiger partial charge in [0.25, 0.3) is 5.91 Å². The number of nitrogens with one attached hydrogen (secondary N) is 2. The minimum Gasteiger partial charge on any atom is -0.382 e. The maximum absolute atomic E-state index is 13.9. The number of carbonyl (C=O) groups excluding carboxylic acids is 1. The quantitative estimate of drug-likeness (QED) is 0.848. The molecular weight excluding hydrogens is 271 g/mol. The van der Waals surface area contributed by atoms with E-state index in [2.05, 4.69) is 10.6 Å². The molecule has 0 bridgehead atoms. The van der Waals surface area contributed by atoms with Crippen molar-refractivity contribution in [2.45, 2.75) is 45.3 Å². The van der Waals surface area contributed by atoms with Gasteiger partial charge in [-0.25, -0.2) is 4.39 Å². The highest BCUT2D eigenvalue weighted by molar-refractivity contribution is 5.99. The number of para-hydroxylation sites is 1. The summed E-state index contributed by atoms with van der Waals surface area (Å²) >= 11 is 0. The number of hydrogen-bond donors (Lipinski definition) is 2. The molecule has 5 heteroatoms. The zero-order chi connectivity index (χ0) is 15.2. The monoisotopic (exact) mass is 294 g/mol. The van der Waals surface area contributed by atoms with Crippen molar-refractivity contribution in [3.63, 3.8) is 0 Å². The molecule has 1 aromatic rings. The average molecular weight is 294 g/mol. The highest BCUT2D eigenvalue weighted by atomic mass is 19.1. The lowest BCUT2D eigenvalue weighted by atomic mass is 10.1. The lowest BCUT2D eigenvalue weighted by Crippen LogP contribution is -2.41. The second kappa shape index (κ2) is 7.41. The molecular formula is C16H23FN2O2. The number of benzene rings is 1. The molecule has 21 heavy (non-hydrogen) atoms. The Morgan fingerprint density at radius 2 is 2.33 bits per heavy atom. The molecule has 0 aromatic heterocycles. The van der Waals surface area contributed by atoms with Gasteiger partial charge in [0.15, 0.2) is 0 Å². The Morgan fingerprint density at radius 3 is 3.00 bits per heavy atom. The Kier molecular flexibility index (Phi) is 5.56. The maximum Gasteiger partial charge on any atom is 0.253 e. The van der Waals surface area contributed by atoms with Gasteiger partial charge in [0.2, 0.25) is 0 Å². The van der Waals surface area contributed by atoms with Crippen LogP contribution in [0.5, 0.6) is 0 Å². The highest BCUT2D eigenvalue weighted by Crippen LogP contribution is 2.21. The van der Waals surface area contributed by atoms with Crippen molar-refractivity contribution in [2.24, 2.45) is 0 Å². The molecule has 0 saturated carbocycles. The third kappa shape index (κ3) is 3.94. The third-order valence-electron chi connectivity index (χ3n) is 3.69. The first-order valence-corrected chi connectivity index (χ1v) is 7.58. The normalized spacial score (nSPS) is 19.3. The summed E-state index contributed by atoms with van der Waals surface area (Å²) in [7, 11) is 0. The van der Waals surface area contributed by atoms with Gasteiger partial charge in [-0.3, -0.25) is 4.79 Å². The van der Waals surface area contributed by atoms with Gasteiger partial charge in [0.1, 0.15) is 5.82 Å². The molecule has 1 saturated heterocycles. The maximum atomic E-state index is 13.9. The minimum absolute atomic E-state index is 0.0505. The van der Waals surface area contributed by atoms with Gasteiger partial charge in [0.05, 0.1) is 23.4 Å². The minimum atomic E-state index is -0.402. The van der Waals surface area contributed by atoms with Crippen molar-refractivity contribution in [1.82, 2.24) is 5.32 Å². The van der Waals surface area contributed by atoms with Crippen molar-refractivity contribution < 1.29 is 13.9 Å². The van der Waals surface area contributed by atoms with Crippen LogP contribution in [-0.4, -0.2) is 31.2 Å². The second-order valence-corrected chi connectivity index (χ2v) is 5.40. The summed E-state index contributed by atoms with van der Waals surface area (Å²) < 4.78 is 19.5. The number of anilines is 1. The fourth-order valence-electron chi connectivity index (χ4n) is 2.52.